The van der Waals surface area contributed by atoms with Gasteiger partial charge in [-0.1, -0.05) is 18.2 Å². The van der Waals surface area contributed by atoms with Crippen LogP contribution in [0.1, 0.15) is 26.3 Å². The smallest absolute Gasteiger partial charge is 0.408 e. The minimum Gasteiger partial charge on any atom is -0.444 e. The van der Waals surface area contributed by atoms with Crippen molar-refractivity contribution < 1.29 is 23.5 Å². The molecule has 0 bridgehead atoms. The minimum atomic E-state index is -0.644. The fraction of sp³-hybridized carbons (Fsp3) is 0.526. The van der Waals surface area contributed by atoms with Crippen molar-refractivity contribution in [2.75, 3.05) is 32.7 Å². The van der Waals surface area contributed by atoms with Crippen molar-refractivity contribution in [1.29, 1.82) is 0 Å². The summed E-state index contributed by atoms with van der Waals surface area (Å²) in [5.41, 5.74) is -0.264. The number of hydrogen-bond acceptors (Lipinski definition) is 4. The summed E-state index contributed by atoms with van der Waals surface area (Å²) in [5, 5.41) is 2.43. The first kappa shape index (κ1) is 20.7. The maximum Gasteiger partial charge on any atom is 0.408 e. The number of halogens is 1. The van der Waals surface area contributed by atoms with E-state index in [1.807, 2.05) is 0 Å². The summed E-state index contributed by atoms with van der Waals surface area (Å²) in [6, 6.07) is 6.20. The van der Waals surface area contributed by atoms with Crippen LogP contribution in [0.3, 0.4) is 0 Å². The molecule has 2 rings (SSSR count). The van der Waals surface area contributed by atoms with E-state index in [0.29, 0.717) is 31.7 Å². The molecular formula is C19H26FN3O4. The molecule has 0 spiro atoms. The first-order valence-electron chi connectivity index (χ1n) is 8.91. The van der Waals surface area contributed by atoms with Crippen LogP contribution in [0.25, 0.3) is 0 Å². The number of carbonyl (C=O) groups is 3. The Labute approximate surface area is 158 Å². The summed E-state index contributed by atoms with van der Waals surface area (Å²) in [6.07, 6.45) is -0.643. The zero-order valence-electron chi connectivity index (χ0n) is 16.0. The van der Waals surface area contributed by atoms with Crippen LogP contribution >= 0.6 is 0 Å². The van der Waals surface area contributed by atoms with Gasteiger partial charge in [0.25, 0.3) is 0 Å². The van der Waals surface area contributed by atoms with Gasteiger partial charge in [0.05, 0.1) is 6.42 Å². The van der Waals surface area contributed by atoms with Gasteiger partial charge < -0.3 is 19.9 Å². The molecule has 1 N–H and O–H groups in total. The quantitative estimate of drug-likeness (QED) is 0.861. The lowest BCUT2D eigenvalue weighted by atomic mass is 10.1. The largest absolute Gasteiger partial charge is 0.444 e. The summed E-state index contributed by atoms with van der Waals surface area (Å²) in [7, 11) is 0. The van der Waals surface area contributed by atoms with Crippen LogP contribution in [0.4, 0.5) is 9.18 Å². The summed E-state index contributed by atoms with van der Waals surface area (Å²) >= 11 is 0. The average Bonchev–Trinajstić information content (AvgIpc) is 2.60. The average molecular weight is 379 g/mol. The van der Waals surface area contributed by atoms with Gasteiger partial charge in [0.1, 0.15) is 18.0 Å². The third kappa shape index (κ3) is 6.54. The first-order chi connectivity index (χ1) is 12.7. The lowest BCUT2D eigenvalue weighted by molar-refractivity contribution is -0.138. The van der Waals surface area contributed by atoms with E-state index in [9.17, 15) is 18.8 Å². The number of rotatable bonds is 4. The highest BCUT2D eigenvalue weighted by Gasteiger charge is 2.25. The topological polar surface area (TPSA) is 79.0 Å². The van der Waals surface area contributed by atoms with E-state index >= 15 is 0 Å². The van der Waals surface area contributed by atoms with Gasteiger partial charge in [-0.25, -0.2) is 9.18 Å². The molecule has 148 valence electrons. The maximum atomic E-state index is 13.7. The molecule has 1 heterocycles. The van der Waals surface area contributed by atoms with Gasteiger partial charge in [0.2, 0.25) is 11.8 Å². The van der Waals surface area contributed by atoms with Crippen LogP contribution in [0, 0.1) is 5.82 Å². The molecule has 0 aliphatic carbocycles. The van der Waals surface area contributed by atoms with Gasteiger partial charge >= 0.3 is 6.09 Å². The molecule has 3 amide bonds. The number of piperazine rings is 1. The number of carbonyl (C=O) groups excluding carboxylic acids is 3. The van der Waals surface area contributed by atoms with Crippen molar-refractivity contribution in [3.8, 4) is 0 Å². The molecule has 1 aromatic carbocycles. The Morgan fingerprint density at radius 2 is 1.59 bits per heavy atom. The van der Waals surface area contributed by atoms with E-state index in [-0.39, 0.29) is 24.8 Å². The SMILES string of the molecule is CC(C)(C)OC(=O)NCC(=O)N1CCN(C(=O)Cc2ccccc2F)CC1. The monoisotopic (exact) mass is 379 g/mol. The summed E-state index contributed by atoms with van der Waals surface area (Å²) < 4.78 is 18.8. The van der Waals surface area contributed by atoms with E-state index in [0.717, 1.165) is 0 Å². The minimum absolute atomic E-state index is 0.000813. The van der Waals surface area contributed by atoms with Crippen LogP contribution < -0.4 is 5.32 Å². The van der Waals surface area contributed by atoms with Crippen molar-refractivity contribution in [1.82, 2.24) is 15.1 Å². The Morgan fingerprint density at radius 1 is 1.04 bits per heavy atom. The van der Waals surface area contributed by atoms with Gasteiger partial charge in [-0.2, -0.15) is 0 Å². The number of nitrogens with one attached hydrogen (secondary N) is 1. The van der Waals surface area contributed by atoms with Gasteiger partial charge in [-0.3, -0.25) is 9.59 Å². The van der Waals surface area contributed by atoms with Crippen molar-refractivity contribution in [3.63, 3.8) is 0 Å². The molecule has 27 heavy (non-hydrogen) atoms. The molecule has 0 unspecified atom stereocenters. The molecule has 0 radical (unpaired) electrons. The molecule has 1 saturated heterocycles. The third-order valence-electron chi connectivity index (χ3n) is 4.07. The van der Waals surface area contributed by atoms with Crippen molar-refractivity contribution in [3.05, 3.63) is 35.6 Å². The van der Waals surface area contributed by atoms with Crippen LogP contribution in [0.5, 0.6) is 0 Å². The number of alkyl carbamates (subject to hydrolysis) is 1. The lowest BCUT2D eigenvalue weighted by Crippen LogP contribution is -2.53. The second-order valence-corrected chi connectivity index (χ2v) is 7.39. The summed E-state index contributed by atoms with van der Waals surface area (Å²) in [5.74, 6) is -0.797. The highest BCUT2D eigenvalue weighted by molar-refractivity contribution is 5.83. The second kappa shape index (κ2) is 8.83. The molecule has 1 aliphatic heterocycles. The van der Waals surface area contributed by atoms with Crippen LogP contribution in [-0.2, 0) is 20.7 Å². The maximum absolute atomic E-state index is 13.7. The van der Waals surface area contributed by atoms with Gasteiger partial charge in [0.15, 0.2) is 0 Å². The molecule has 0 aromatic heterocycles. The zero-order valence-corrected chi connectivity index (χ0v) is 16.0. The first-order valence-corrected chi connectivity index (χ1v) is 8.91. The fourth-order valence-corrected chi connectivity index (χ4v) is 2.70. The molecule has 1 aromatic rings. The van der Waals surface area contributed by atoms with Crippen LogP contribution in [0.15, 0.2) is 24.3 Å². The zero-order chi connectivity index (χ0) is 20.0. The number of hydrogen-bond donors (Lipinski definition) is 1. The number of ether oxygens (including phenoxy) is 1. The standard InChI is InChI=1S/C19H26FN3O4/c1-19(2,3)27-18(26)21-13-17(25)23-10-8-22(9-11-23)16(24)12-14-6-4-5-7-15(14)20/h4-7H,8-13H2,1-3H3,(H,21,26). The Bertz CT molecular complexity index is 694. The molecule has 0 atom stereocenters. The Hall–Kier alpha value is -2.64. The molecular weight excluding hydrogens is 353 g/mol. The van der Waals surface area contributed by atoms with E-state index in [2.05, 4.69) is 5.32 Å². The van der Waals surface area contributed by atoms with Gasteiger partial charge in [0, 0.05) is 26.2 Å². The van der Waals surface area contributed by atoms with E-state index in [1.165, 1.54) is 6.07 Å². The fourth-order valence-electron chi connectivity index (χ4n) is 2.70. The van der Waals surface area contributed by atoms with Crippen molar-refractivity contribution in [2.45, 2.75) is 32.8 Å². The van der Waals surface area contributed by atoms with E-state index in [4.69, 9.17) is 4.74 Å². The molecule has 0 saturated carbocycles. The van der Waals surface area contributed by atoms with Crippen molar-refractivity contribution >= 4 is 17.9 Å². The number of amides is 3. The highest BCUT2D eigenvalue weighted by Crippen LogP contribution is 2.11. The third-order valence-corrected chi connectivity index (χ3v) is 4.07. The van der Waals surface area contributed by atoms with E-state index < -0.39 is 17.5 Å². The summed E-state index contributed by atoms with van der Waals surface area (Å²) in [4.78, 5) is 39.3. The lowest BCUT2D eigenvalue weighted by Gasteiger charge is -2.35. The second-order valence-electron chi connectivity index (χ2n) is 7.39. The predicted molar refractivity (Wildman–Crippen MR) is 97.5 cm³/mol. The Balaban J connectivity index is 1.76. The van der Waals surface area contributed by atoms with Crippen LogP contribution in [-0.4, -0.2) is 66.0 Å². The highest BCUT2D eigenvalue weighted by atomic mass is 19.1. The van der Waals surface area contributed by atoms with Gasteiger partial charge in [-0.05, 0) is 32.4 Å². The molecule has 1 aliphatic rings. The summed E-state index contributed by atoms with van der Waals surface area (Å²) in [6.45, 7) is 6.58. The molecule has 7 nitrogen and oxygen atoms in total. The molecule has 1 fully saturated rings. The van der Waals surface area contributed by atoms with Crippen LogP contribution in [0.2, 0.25) is 0 Å². The van der Waals surface area contributed by atoms with Crippen molar-refractivity contribution in [2.24, 2.45) is 0 Å². The predicted octanol–water partition coefficient (Wildman–Crippen LogP) is 1.56. The Kier molecular flexibility index (Phi) is 6.76. The number of benzene rings is 1. The molecule has 8 heteroatoms. The van der Waals surface area contributed by atoms with E-state index in [1.54, 1.807) is 48.8 Å². The Morgan fingerprint density at radius 3 is 2.15 bits per heavy atom. The number of nitrogens with zero attached hydrogens (tertiary/aromatic N) is 2. The van der Waals surface area contributed by atoms with Gasteiger partial charge in [-0.15, -0.1) is 0 Å². The normalized spacial score (nSPS) is 14.7.